The summed E-state index contributed by atoms with van der Waals surface area (Å²) in [4.78, 5) is 48.9. The molecular formula is C21H32N4O5. The Hall–Kier alpha value is -2.55. The topological polar surface area (TPSA) is 102 Å². The third kappa shape index (κ3) is 7.37. The number of likely N-dealkylation sites (tertiary alicyclic amines) is 1. The number of piperidine rings is 1. The molecule has 0 N–H and O–H groups in total. The lowest BCUT2D eigenvalue weighted by Crippen LogP contribution is -2.44. The molecule has 1 aromatic rings. The van der Waals surface area contributed by atoms with Crippen LogP contribution in [0.4, 0.5) is 0 Å². The highest BCUT2D eigenvalue weighted by atomic mass is 16.5. The number of hydrogen-bond donors (Lipinski definition) is 0. The summed E-state index contributed by atoms with van der Waals surface area (Å²) in [5, 5.41) is 0. The molecule has 2 amide bonds. The van der Waals surface area contributed by atoms with Crippen LogP contribution in [0.1, 0.15) is 50.0 Å². The zero-order chi connectivity index (χ0) is 21.8. The molecule has 9 heteroatoms. The molecule has 2 heterocycles. The Balaban J connectivity index is 1.93. The lowest BCUT2D eigenvalue weighted by molar-refractivity contribution is -0.151. The van der Waals surface area contributed by atoms with Crippen LogP contribution in [-0.4, -0.2) is 83.6 Å². The van der Waals surface area contributed by atoms with E-state index >= 15 is 0 Å². The van der Waals surface area contributed by atoms with Crippen molar-refractivity contribution in [3.05, 3.63) is 24.3 Å². The second-order valence-corrected chi connectivity index (χ2v) is 7.11. The molecule has 0 radical (unpaired) electrons. The highest BCUT2D eigenvalue weighted by Gasteiger charge is 2.29. The van der Waals surface area contributed by atoms with Crippen molar-refractivity contribution >= 4 is 17.8 Å². The summed E-state index contributed by atoms with van der Waals surface area (Å²) >= 11 is 0. The lowest BCUT2D eigenvalue weighted by Gasteiger charge is -2.32. The van der Waals surface area contributed by atoms with Gasteiger partial charge in [0.2, 0.25) is 5.91 Å². The molecule has 0 saturated carbocycles. The maximum Gasteiger partial charge on any atom is 0.310 e. The number of aromatic nitrogens is 2. The van der Waals surface area contributed by atoms with Gasteiger partial charge in [-0.05, 0) is 33.1 Å². The first-order chi connectivity index (χ1) is 14.6. The predicted molar refractivity (Wildman–Crippen MR) is 110 cm³/mol. The van der Waals surface area contributed by atoms with E-state index in [0.29, 0.717) is 45.9 Å². The third-order valence-corrected chi connectivity index (χ3v) is 4.98. The van der Waals surface area contributed by atoms with E-state index in [-0.39, 0.29) is 42.4 Å². The largest absolute Gasteiger partial charge is 0.466 e. The van der Waals surface area contributed by atoms with Gasteiger partial charge >= 0.3 is 5.97 Å². The van der Waals surface area contributed by atoms with E-state index in [1.54, 1.807) is 16.7 Å². The Morgan fingerprint density at radius 2 is 2.03 bits per heavy atom. The molecule has 166 valence electrons. The van der Waals surface area contributed by atoms with E-state index in [1.807, 2.05) is 6.92 Å². The Bertz CT molecular complexity index is 685. The van der Waals surface area contributed by atoms with E-state index in [4.69, 9.17) is 9.47 Å². The van der Waals surface area contributed by atoms with Crippen LogP contribution < -0.4 is 0 Å². The average molecular weight is 421 g/mol. The summed E-state index contributed by atoms with van der Waals surface area (Å²) in [6.07, 6.45) is 6.77. The fraction of sp³-hybridized carbons (Fsp3) is 0.667. The molecule has 1 atom stereocenters. The zero-order valence-electron chi connectivity index (χ0n) is 17.9. The molecule has 1 unspecified atom stereocenters. The Labute approximate surface area is 177 Å². The number of hydrogen-bond acceptors (Lipinski definition) is 7. The molecule has 9 nitrogen and oxygen atoms in total. The number of carbonyl (C=O) groups excluding carboxylic acids is 3. The Morgan fingerprint density at radius 3 is 2.73 bits per heavy atom. The fourth-order valence-electron chi connectivity index (χ4n) is 3.43. The summed E-state index contributed by atoms with van der Waals surface area (Å²) in [6.45, 7) is 6.94. The molecular weight excluding hydrogens is 388 g/mol. The van der Waals surface area contributed by atoms with Gasteiger partial charge in [-0.25, -0.2) is 4.98 Å². The van der Waals surface area contributed by atoms with Crippen LogP contribution in [0.25, 0.3) is 0 Å². The van der Waals surface area contributed by atoms with Gasteiger partial charge in [0.05, 0.1) is 18.7 Å². The zero-order valence-corrected chi connectivity index (χ0v) is 17.9. The number of amides is 2. The van der Waals surface area contributed by atoms with E-state index in [2.05, 4.69) is 9.97 Å². The average Bonchev–Trinajstić information content (AvgIpc) is 2.78. The minimum Gasteiger partial charge on any atom is -0.466 e. The van der Waals surface area contributed by atoms with Crippen LogP contribution in [0.3, 0.4) is 0 Å². The van der Waals surface area contributed by atoms with E-state index in [1.165, 1.54) is 18.6 Å². The van der Waals surface area contributed by atoms with Crippen LogP contribution in [0, 0.1) is 5.92 Å². The number of nitrogens with zero attached hydrogens (tertiary/aromatic N) is 4. The fourth-order valence-corrected chi connectivity index (χ4v) is 3.43. The van der Waals surface area contributed by atoms with Crippen molar-refractivity contribution in [3.8, 4) is 0 Å². The maximum absolute atomic E-state index is 12.8. The summed E-state index contributed by atoms with van der Waals surface area (Å²) in [6, 6.07) is 0. The van der Waals surface area contributed by atoms with Crippen molar-refractivity contribution in [2.24, 2.45) is 5.92 Å². The first-order valence-electron chi connectivity index (χ1n) is 10.6. The van der Waals surface area contributed by atoms with Crippen LogP contribution in [-0.2, 0) is 19.1 Å². The molecule has 0 spiro atoms. The second kappa shape index (κ2) is 12.9. The van der Waals surface area contributed by atoms with Gasteiger partial charge in [-0.2, -0.15) is 0 Å². The van der Waals surface area contributed by atoms with Crippen molar-refractivity contribution in [1.82, 2.24) is 19.8 Å². The van der Waals surface area contributed by atoms with Gasteiger partial charge in [0, 0.05) is 58.2 Å². The first kappa shape index (κ1) is 23.7. The Morgan fingerprint density at radius 1 is 1.20 bits per heavy atom. The van der Waals surface area contributed by atoms with Gasteiger partial charge in [-0.1, -0.05) is 0 Å². The summed E-state index contributed by atoms with van der Waals surface area (Å²) < 4.78 is 10.5. The van der Waals surface area contributed by atoms with Gasteiger partial charge in [0.15, 0.2) is 0 Å². The molecule has 0 aromatic carbocycles. The van der Waals surface area contributed by atoms with Gasteiger partial charge in [-0.3, -0.25) is 19.4 Å². The molecule has 1 fully saturated rings. The molecule has 0 aliphatic carbocycles. The van der Waals surface area contributed by atoms with Gasteiger partial charge in [0.1, 0.15) is 5.69 Å². The standard InChI is InChI=1S/C21H32N4O5/c1-3-29-14-6-12-24(20(27)18-15-22-9-10-23-18)13-8-19(26)25-11-5-7-17(16-25)21(28)30-4-2/h9-10,15,17H,3-8,11-14,16H2,1-2H3. The normalized spacial score (nSPS) is 16.2. The van der Waals surface area contributed by atoms with Crippen LogP contribution in [0.2, 0.25) is 0 Å². The minimum absolute atomic E-state index is 0.0641. The van der Waals surface area contributed by atoms with E-state index in [0.717, 1.165) is 12.8 Å². The van der Waals surface area contributed by atoms with Crippen molar-refractivity contribution in [1.29, 1.82) is 0 Å². The molecule has 1 aliphatic rings. The van der Waals surface area contributed by atoms with Gasteiger partial charge in [-0.15, -0.1) is 0 Å². The van der Waals surface area contributed by atoms with Crippen LogP contribution >= 0.6 is 0 Å². The molecule has 1 saturated heterocycles. The smallest absolute Gasteiger partial charge is 0.310 e. The highest BCUT2D eigenvalue weighted by Crippen LogP contribution is 2.19. The maximum atomic E-state index is 12.8. The number of esters is 1. The summed E-state index contributed by atoms with van der Waals surface area (Å²) in [5.41, 5.74) is 0.252. The van der Waals surface area contributed by atoms with Crippen LogP contribution in [0.5, 0.6) is 0 Å². The highest BCUT2D eigenvalue weighted by molar-refractivity contribution is 5.92. The van der Waals surface area contributed by atoms with Crippen molar-refractivity contribution in [2.45, 2.75) is 39.5 Å². The summed E-state index contributed by atoms with van der Waals surface area (Å²) in [5.74, 6) is -0.835. The second-order valence-electron chi connectivity index (χ2n) is 7.11. The lowest BCUT2D eigenvalue weighted by atomic mass is 9.98. The molecule has 1 aliphatic heterocycles. The van der Waals surface area contributed by atoms with Crippen LogP contribution in [0.15, 0.2) is 18.6 Å². The van der Waals surface area contributed by atoms with Crippen molar-refractivity contribution in [3.63, 3.8) is 0 Å². The number of ether oxygens (including phenoxy) is 2. The third-order valence-electron chi connectivity index (χ3n) is 4.98. The number of rotatable bonds is 11. The monoisotopic (exact) mass is 420 g/mol. The molecule has 1 aromatic heterocycles. The van der Waals surface area contributed by atoms with E-state index < -0.39 is 0 Å². The molecule has 0 bridgehead atoms. The first-order valence-corrected chi connectivity index (χ1v) is 10.6. The Kier molecular flexibility index (Phi) is 10.2. The van der Waals surface area contributed by atoms with Gasteiger partial charge in [0.25, 0.3) is 5.91 Å². The minimum atomic E-state index is -0.272. The quantitative estimate of drug-likeness (QED) is 0.395. The SMILES string of the molecule is CCOCCCN(CCC(=O)N1CCCC(C(=O)OCC)C1)C(=O)c1cnccn1. The van der Waals surface area contributed by atoms with Gasteiger partial charge < -0.3 is 19.3 Å². The molecule has 30 heavy (non-hydrogen) atoms. The predicted octanol–water partition coefficient (Wildman–Crippen LogP) is 1.54. The molecule has 2 rings (SSSR count). The summed E-state index contributed by atoms with van der Waals surface area (Å²) in [7, 11) is 0. The van der Waals surface area contributed by atoms with Crippen molar-refractivity contribution in [2.75, 3.05) is 46.0 Å². The van der Waals surface area contributed by atoms with Crippen molar-refractivity contribution < 1.29 is 23.9 Å². The number of carbonyl (C=O) groups is 3. The van der Waals surface area contributed by atoms with E-state index in [9.17, 15) is 14.4 Å².